The lowest BCUT2D eigenvalue weighted by molar-refractivity contribution is -0.955. The molecule has 3 nitrogen and oxygen atoms in total. The third-order valence-electron chi connectivity index (χ3n) is 10.6. The van der Waals surface area contributed by atoms with E-state index in [0.29, 0.717) is 11.1 Å². The Morgan fingerprint density at radius 1 is 0.571 bits per heavy atom. The molecule has 2 aliphatic rings. The highest BCUT2D eigenvalue weighted by atomic mass is 19.1. The minimum absolute atomic E-state index is 0.0371. The summed E-state index contributed by atoms with van der Waals surface area (Å²) in [6.07, 6.45) is 4.52. The first kappa shape index (κ1) is 28.2. The van der Waals surface area contributed by atoms with Crippen molar-refractivity contribution in [3.05, 3.63) is 168 Å². The molecule has 234 valence electrons. The standard InChI is InChI=1S/C45H33FN2O/c1-44(2,3)31-19-24-38-34-16-7-8-17-35(34)45(48(38)27-31)36-22-20-32-33-21-23-37(46)40(30-15-11-14-29(26-30)28-12-5-4-6-13-28)42(33)49-43(32)41(36)39-18-9-10-25-47(39)45/h4-27H,1-3H3/q+2. The summed E-state index contributed by atoms with van der Waals surface area (Å²) in [5.41, 5.74) is 12.1. The number of rotatable bonds is 2. The molecule has 3 aromatic heterocycles. The minimum atomic E-state index is -0.662. The van der Waals surface area contributed by atoms with Gasteiger partial charge in [-0.15, -0.1) is 9.13 Å². The predicted octanol–water partition coefficient (Wildman–Crippen LogP) is 10.2. The molecule has 0 amide bonds. The van der Waals surface area contributed by atoms with Gasteiger partial charge in [0.05, 0.1) is 11.1 Å². The summed E-state index contributed by atoms with van der Waals surface area (Å²) in [4.78, 5) is 0. The molecule has 4 heteroatoms. The molecule has 0 saturated heterocycles. The number of fused-ring (bicyclic) bond motifs is 14. The molecular weight excluding hydrogens is 604 g/mol. The second kappa shape index (κ2) is 9.83. The first-order chi connectivity index (χ1) is 23.9. The molecular formula is C45H33FN2O+2. The molecule has 5 aromatic carbocycles. The Morgan fingerprint density at radius 3 is 2.12 bits per heavy atom. The number of furan rings is 1. The van der Waals surface area contributed by atoms with E-state index in [0.717, 1.165) is 49.9 Å². The number of pyridine rings is 2. The molecule has 5 heterocycles. The van der Waals surface area contributed by atoms with E-state index in [2.05, 4.69) is 133 Å². The van der Waals surface area contributed by atoms with Crippen molar-refractivity contribution in [2.24, 2.45) is 0 Å². The molecule has 8 aromatic rings. The maximum Gasteiger partial charge on any atom is 0.417 e. The summed E-state index contributed by atoms with van der Waals surface area (Å²) in [7, 11) is 0. The van der Waals surface area contributed by atoms with E-state index in [1.807, 2.05) is 36.4 Å². The lowest BCUT2D eigenvalue weighted by atomic mass is 9.87. The Balaban J connectivity index is 1.28. The van der Waals surface area contributed by atoms with Crippen LogP contribution in [0.25, 0.3) is 66.7 Å². The van der Waals surface area contributed by atoms with E-state index in [1.165, 1.54) is 22.4 Å². The van der Waals surface area contributed by atoms with Gasteiger partial charge in [0, 0.05) is 34.5 Å². The van der Waals surface area contributed by atoms with Gasteiger partial charge in [-0.05, 0) is 76.7 Å². The second-order valence-electron chi connectivity index (χ2n) is 14.3. The molecule has 1 atom stereocenters. The van der Waals surface area contributed by atoms with E-state index in [1.54, 1.807) is 6.07 Å². The highest BCUT2D eigenvalue weighted by molar-refractivity contribution is 6.13. The van der Waals surface area contributed by atoms with Gasteiger partial charge in [0.1, 0.15) is 33.7 Å². The molecule has 10 rings (SSSR count). The first-order valence-corrected chi connectivity index (χ1v) is 16.9. The molecule has 1 spiro atoms. The summed E-state index contributed by atoms with van der Waals surface area (Å²) in [5.74, 6) is -0.302. The fourth-order valence-corrected chi connectivity index (χ4v) is 8.33. The summed E-state index contributed by atoms with van der Waals surface area (Å²) >= 11 is 0. The Labute approximate surface area is 284 Å². The van der Waals surface area contributed by atoms with Crippen LogP contribution in [-0.4, -0.2) is 0 Å². The van der Waals surface area contributed by atoms with Crippen LogP contribution >= 0.6 is 0 Å². The second-order valence-corrected chi connectivity index (χ2v) is 14.3. The monoisotopic (exact) mass is 636 g/mol. The zero-order chi connectivity index (χ0) is 33.1. The minimum Gasteiger partial charge on any atom is -0.454 e. The molecule has 0 fully saturated rings. The lowest BCUT2D eigenvalue weighted by Crippen LogP contribution is -2.71. The highest BCUT2D eigenvalue weighted by Crippen LogP contribution is 2.51. The SMILES string of the molecule is CC(C)(C)c1ccc2[n+](c1)C1(c3ccccc3-2)c2ccc3c(oc4c(-c5cccc(-c6ccccc6)c5)c(F)ccc43)c2-c2cccc[n+]21. The number of benzene rings is 5. The van der Waals surface area contributed by atoms with Crippen molar-refractivity contribution in [3.8, 4) is 44.8 Å². The van der Waals surface area contributed by atoms with E-state index in [9.17, 15) is 0 Å². The number of nitrogens with zero attached hydrogens (tertiary/aromatic N) is 2. The van der Waals surface area contributed by atoms with E-state index < -0.39 is 5.66 Å². The van der Waals surface area contributed by atoms with Crippen LogP contribution in [0, 0.1) is 5.82 Å². The average molecular weight is 637 g/mol. The Hall–Kier alpha value is -5.87. The van der Waals surface area contributed by atoms with Crippen molar-refractivity contribution in [1.29, 1.82) is 0 Å². The molecule has 2 aliphatic heterocycles. The van der Waals surface area contributed by atoms with Gasteiger partial charge in [0.2, 0.25) is 11.4 Å². The quantitative estimate of drug-likeness (QED) is 0.173. The normalized spacial score (nSPS) is 15.8. The predicted molar refractivity (Wildman–Crippen MR) is 193 cm³/mol. The smallest absolute Gasteiger partial charge is 0.417 e. The van der Waals surface area contributed by atoms with Gasteiger partial charge in [-0.2, -0.15) is 0 Å². The van der Waals surface area contributed by atoms with E-state index in [-0.39, 0.29) is 11.2 Å². The first-order valence-electron chi connectivity index (χ1n) is 16.9. The number of hydrogen-bond donors (Lipinski definition) is 0. The maximum absolute atomic E-state index is 16.0. The number of hydrogen-bond acceptors (Lipinski definition) is 1. The fourth-order valence-electron chi connectivity index (χ4n) is 8.33. The molecule has 0 N–H and O–H groups in total. The van der Waals surface area contributed by atoms with Crippen molar-refractivity contribution in [2.75, 3.05) is 0 Å². The van der Waals surface area contributed by atoms with E-state index in [4.69, 9.17) is 4.42 Å². The average Bonchev–Trinajstić information content (AvgIpc) is 3.75. The highest BCUT2D eigenvalue weighted by Gasteiger charge is 2.67. The van der Waals surface area contributed by atoms with Crippen molar-refractivity contribution in [3.63, 3.8) is 0 Å². The molecule has 0 aliphatic carbocycles. The van der Waals surface area contributed by atoms with Crippen molar-refractivity contribution < 1.29 is 17.9 Å². The van der Waals surface area contributed by atoms with Crippen molar-refractivity contribution in [1.82, 2.24) is 0 Å². The molecule has 0 saturated carbocycles. The van der Waals surface area contributed by atoms with Crippen LogP contribution in [0.2, 0.25) is 0 Å². The third kappa shape index (κ3) is 3.72. The lowest BCUT2D eigenvalue weighted by Gasteiger charge is -2.21. The topological polar surface area (TPSA) is 20.9 Å². The Morgan fingerprint density at radius 2 is 1.29 bits per heavy atom. The van der Waals surface area contributed by atoms with Gasteiger partial charge in [-0.1, -0.05) is 81.4 Å². The molecule has 1 unspecified atom stereocenters. The molecule has 49 heavy (non-hydrogen) atoms. The summed E-state index contributed by atoms with van der Waals surface area (Å²) in [5, 5.41) is 1.87. The van der Waals surface area contributed by atoms with Crippen LogP contribution in [-0.2, 0) is 11.1 Å². The zero-order valence-corrected chi connectivity index (χ0v) is 27.5. The number of aromatic nitrogens is 2. The zero-order valence-electron chi connectivity index (χ0n) is 27.5. The van der Waals surface area contributed by atoms with Gasteiger partial charge in [0.15, 0.2) is 12.4 Å². The van der Waals surface area contributed by atoms with Crippen LogP contribution in [0.5, 0.6) is 0 Å². The maximum atomic E-state index is 16.0. The summed E-state index contributed by atoms with van der Waals surface area (Å²) in [6.45, 7) is 6.79. The van der Waals surface area contributed by atoms with E-state index >= 15 is 4.39 Å². The van der Waals surface area contributed by atoms with Crippen LogP contribution in [0.1, 0.15) is 37.5 Å². The van der Waals surface area contributed by atoms with Gasteiger partial charge >= 0.3 is 5.66 Å². The summed E-state index contributed by atoms with van der Waals surface area (Å²) < 4.78 is 27.8. The van der Waals surface area contributed by atoms with Crippen LogP contribution in [0.15, 0.2) is 150 Å². The largest absolute Gasteiger partial charge is 0.454 e. The fraction of sp³-hybridized carbons (Fsp3) is 0.111. The van der Waals surface area contributed by atoms with Crippen molar-refractivity contribution in [2.45, 2.75) is 31.8 Å². The van der Waals surface area contributed by atoms with Gasteiger partial charge in [-0.3, -0.25) is 0 Å². The number of halogens is 1. The van der Waals surface area contributed by atoms with Gasteiger partial charge in [0.25, 0.3) is 0 Å². The van der Waals surface area contributed by atoms with Crippen LogP contribution in [0.3, 0.4) is 0 Å². The van der Waals surface area contributed by atoms with Crippen molar-refractivity contribution >= 4 is 21.9 Å². The van der Waals surface area contributed by atoms with Crippen LogP contribution < -0.4 is 9.13 Å². The van der Waals surface area contributed by atoms with Gasteiger partial charge in [-0.25, -0.2) is 4.39 Å². The molecule has 0 radical (unpaired) electrons. The Bertz CT molecular complexity index is 2670. The van der Waals surface area contributed by atoms with Gasteiger partial charge < -0.3 is 4.42 Å². The summed E-state index contributed by atoms with van der Waals surface area (Å²) in [6, 6.07) is 45.8. The molecule has 0 bridgehead atoms. The third-order valence-corrected chi connectivity index (χ3v) is 10.6. The van der Waals surface area contributed by atoms with Crippen LogP contribution in [0.4, 0.5) is 4.39 Å². The Kier molecular flexibility index (Phi) is 5.65.